The van der Waals surface area contributed by atoms with E-state index in [2.05, 4.69) is 38.2 Å². The lowest BCUT2D eigenvalue weighted by molar-refractivity contribution is -0.123. The van der Waals surface area contributed by atoms with Gasteiger partial charge in [-0.05, 0) is 48.1 Å². The second-order valence-corrected chi connectivity index (χ2v) is 8.25. The van der Waals surface area contributed by atoms with Gasteiger partial charge in [-0.25, -0.2) is 5.43 Å². The highest BCUT2D eigenvalue weighted by Gasteiger charge is 2.13. The lowest BCUT2D eigenvalue weighted by Crippen LogP contribution is -2.24. The Morgan fingerprint density at radius 1 is 0.935 bits per heavy atom. The minimum Gasteiger partial charge on any atom is -0.493 e. The Hall–Kier alpha value is -3.02. The number of nitrogens with zero attached hydrogens (tertiary/aromatic N) is 1. The van der Waals surface area contributed by atoms with Gasteiger partial charge in [0.15, 0.2) is 6.61 Å². The maximum absolute atomic E-state index is 12.1. The molecule has 0 atom stereocenters. The summed E-state index contributed by atoms with van der Waals surface area (Å²) in [6.07, 6.45) is 3.38. The number of hydrogen-bond acceptors (Lipinski definition) is 5. The van der Waals surface area contributed by atoms with Gasteiger partial charge in [-0.15, -0.1) is 0 Å². The molecule has 0 aliphatic carbocycles. The van der Waals surface area contributed by atoms with E-state index >= 15 is 0 Å². The highest BCUT2D eigenvalue weighted by molar-refractivity contribution is 5.85. The average Bonchev–Trinajstić information content (AvgIpc) is 2.75. The van der Waals surface area contributed by atoms with Crippen LogP contribution in [0.4, 0.5) is 0 Å². The average molecular weight is 427 g/mol. The van der Waals surface area contributed by atoms with E-state index in [-0.39, 0.29) is 17.9 Å². The second-order valence-electron chi connectivity index (χ2n) is 8.25. The number of carbonyl (C=O) groups is 1. The number of rotatable bonds is 11. The van der Waals surface area contributed by atoms with Crippen LogP contribution >= 0.6 is 0 Å². The van der Waals surface area contributed by atoms with Crippen molar-refractivity contribution in [2.45, 2.75) is 52.9 Å². The number of benzene rings is 2. The zero-order valence-electron chi connectivity index (χ0n) is 19.2. The lowest BCUT2D eigenvalue weighted by Gasteiger charge is -2.19. The number of amides is 1. The van der Waals surface area contributed by atoms with Crippen molar-refractivity contribution in [3.05, 3.63) is 53.6 Å². The van der Waals surface area contributed by atoms with Gasteiger partial charge in [-0.1, -0.05) is 46.8 Å². The highest BCUT2D eigenvalue weighted by atomic mass is 16.5. The fraction of sp³-hybridized carbons (Fsp3) is 0.440. The van der Waals surface area contributed by atoms with Crippen molar-refractivity contribution in [3.8, 4) is 17.2 Å². The van der Waals surface area contributed by atoms with Gasteiger partial charge in [-0.3, -0.25) is 4.79 Å². The molecule has 0 bridgehead atoms. The van der Waals surface area contributed by atoms with Crippen LogP contribution in [0.2, 0.25) is 0 Å². The van der Waals surface area contributed by atoms with E-state index in [1.807, 2.05) is 49.4 Å². The lowest BCUT2D eigenvalue weighted by atomic mass is 9.87. The third-order valence-corrected chi connectivity index (χ3v) is 4.40. The Morgan fingerprint density at radius 2 is 1.58 bits per heavy atom. The molecule has 0 fully saturated rings. The summed E-state index contributed by atoms with van der Waals surface area (Å²) in [6, 6.07) is 13.3. The molecule has 6 heteroatoms. The third-order valence-electron chi connectivity index (χ3n) is 4.40. The molecule has 0 radical (unpaired) electrons. The summed E-state index contributed by atoms with van der Waals surface area (Å²) in [5, 5.41) is 4.04. The van der Waals surface area contributed by atoms with Gasteiger partial charge >= 0.3 is 0 Å². The summed E-state index contributed by atoms with van der Waals surface area (Å²) >= 11 is 0. The Bertz CT molecular complexity index is 855. The minimum absolute atomic E-state index is 0.0741. The van der Waals surface area contributed by atoms with Gasteiger partial charge in [0, 0.05) is 11.6 Å². The molecule has 2 aromatic carbocycles. The van der Waals surface area contributed by atoms with Crippen LogP contribution in [0.15, 0.2) is 47.6 Å². The van der Waals surface area contributed by atoms with Gasteiger partial charge in [-0.2, -0.15) is 5.10 Å². The predicted molar refractivity (Wildman–Crippen MR) is 124 cm³/mol. The first-order valence-corrected chi connectivity index (χ1v) is 10.8. The van der Waals surface area contributed by atoms with Crippen molar-refractivity contribution >= 4 is 12.1 Å². The summed E-state index contributed by atoms with van der Waals surface area (Å²) in [7, 11) is 0. The maximum Gasteiger partial charge on any atom is 0.277 e. The number of nitrogens with one attached hydrogen (secondary N) is 1. The quantitative estimate of drug-likeness (QED) is 0.401. The minimum atomic E-state index is -0.338. The highest BCUT2D eigenvalue weighted by Crippen LogP contribution is 2.25. The van der Waals surface area contributed by atoms with E-state index in [0.717, 1.165) is 24.2 Å². The van der Waals surface area contributed by atoms with Gasteiger partial charge < -0.3 is 14.2 Å². The molecule has 2 rings (SSSR count). The molecule has 0 aromatic heterocycles. The van der Waals surface area contributed by atoms with E-state index in [9.17, 15) is 4.79 Å². The first kappa shape index (κ1) is 24.3. The van der Waals surface area contributed by atoms with Crippen LogP contribution in [-0.2, 0) is 10.2 Å². The van der Waals surface area contributed by atoms with E-state index in [4.69, 9.17) is 14.2 Å². The Labute approximate surface area is 185 Å². The van der Waals surface area contributed by atoms with Crippen LogP contribution in [0.1, 0.15) is 58.6 Å². The zero-order valence-corrected chi connectivity index (χ0v) is 19.2. The monoisotopic (exact) mass is 426 g/mol. The normalized spacial score (nSPS) is 11.4. The summed E-state index contributed by atoms with van der Waals surface area (Å²) < 4.78 is 17.0. The van der Waals surface area contributed by atoms with Crippen molar-refractivity contribution in [2.75, 3.05) is 19.8 Å². The molecular formula is C25H34N2O4. The Kier molecular flexibility index (Phi) is 9.38. The first-order chi connectivity index (χ1) is 14.8. The van der Waals surface area contributed by atoms with Crippen LogP contribution < -0.4 is 19.6 Å². The SMILES string of the molecule is CCCOc1ccc(/C=N/NC(=O)COc2ccc(C(C)(C)C)cc2)c(OCCC)c1. The molecule has 0 aliphatic rings. The molecule has 6 nitrogen and oxygen atoms in total. The summed E-state index contributed by atoms with van der Waals surface area (Å²) in [5.41, 5.74) is 4.53. The summed E-state index contributed by atoms with van der Waals surface area (Å²) in [4.78, 5) is 12.1. The van der Waals surface area contributed by atoms with Crippen molar-refractivity contribution in [2.24, 2.45) is 5.10 Å². The van der Waals surface area contributed by atoms with E-state index in [1.165, 1.54) is 5.56 Å². The van der Waals surface area contributed by atoms with Crippen LogP contribution in [0.25, 0.3) is 0 Å². The number of hydrogen-bond donors (Lipinski definition) is 1. The number of ether oxygens (including phenoxy) is 3. The van der Waals surface area contributed by atoms with Crippen LogP contribution in [0.3, 0.4) is 0 Å². The zero-order chi connectivity index (χ0) is 22.7. The number of carbonyl (C=O) groups excluding carboxylic acids is 1. The van der Waals surface area contributed by atoms with Crippen LogP contribution in [0, 0.1) is 0 Å². The number of hydrazone groups is 1. The van der Waals surface area contributed by atoms with Crippen molar-refractivity contribution in [3.63, 3.8) is 0 Å². The van der Waals surface area contributed by atoms with Gasteiger partial charge in [0.25, 0.3) is 5.91 Å². The molecular weight excluding hydrogens is 392 g/mol. The largest absolute Gasteiger partial charge is 0.493 e. The van der Waals surface area contributed by atoms with Crippen molar-refractivity contribution < 1.29 is 19.0 Å². The molecule has 0 saturated heterocycles. The predicted octanol–water partition coefficient (Wildman–Crippen LogP) is 5.09. The molecule has 2 aromatic rings. The third kappa shape index (κ3) is 8.32. The smallest absolute Gasteiger partial charge is 0.277 e. The van der Waals surface area contributed by atoms with Crippen LogP contribution in [0.5, 0.6) is 17.2 Å². The van der Waals surface area contributed by atoms with Crippen LogP contribution in [-0.4, -0.2) is 31.9 Å². The molecule has 1 amide bonds. The fourth-order valence-corrected chi connectivity index (χ4v) is 2.67. The summed E-state index contributed by atoms with van der Waals surface area (Å²) in [5.74, 6) is 1.73. The molecule has 168 valence electrons. The fourth-order valence-electron chi connectivity index (χ4n) is 2.67. The van der Waals surface area contributed by atoms with Crippen molar-refractivity contribution in [1.82, 2.24) is 5.43 Å². The molecule has 0 saturated carbocycles. The second kappa shape index (κ2) is 12.0. The standard InChI is InChI=1S/C25H34N2O4/c1-6-14-29-22-11-8-19(23(16-22)30-15-7-2)17-26-27-24(28)18-31-21-12-9-20(10-13-21)25(3,4)5/h8-13,16-17H,6-7,14-15,18H2,1-5H3,(H,27,28)/b26-17+. The Morgan fingerprint density at radius 3 is 2.23 bits per heavy atom. The molecule has 1 N–H and O–H groups in total. The van der Waals surface area contributed by atoms with E-state index in [0.29, 0.717) is 24.7 Å². The molecule has 0 heterocycles. The first-order valence-electron chi connectivity index (χ1n) is 10.8. The summed E-state index contributed by atoms with van der Waals surface area (Å²) in [6.45, 7) is 11.7. The van der Waals surface area contributed by atoms with Gasteiger partial charge in [0.05, 0.1) is 19.4 Å². The maximum atomic E-state index is 12.1. The molecule has 31 heavy (non-hydrogen) atoms. The Balaban J connectivity index is 1.91. The molecule has 0 aliphatic heterocycles. The molecule has 0 unspecified atom stereocenters. The topological polar surface area (TPSA) is 69.2 Å². The molecule has 0 spiro atoms. The van der Waals surface area contributed by atoms with E-state index in [1.54, 1.807) is 6.21 Å². The van der Waals surface area contributed by atoms with E-state index < -0.39 is 0 Å². The van der Waals surface area contributed by atoms with Gasteiger partial charge in [0.1, 0.15) is 17.2 Å². The van der Waals surface area contributed by atoms with Crippen molar-refractivity contribution in [1.29, 1.82) is 0 Å². The van der Waals surface area contributed by atoms with Gasteiger partial charge in [0.2, 0.25) is 0 Å².